The molecule has 0 amide bonds. The first-order valence-corrected chi connectivity index (χ1v) is 4.61. The first-order chi connectivity index (χ1) is 6.94. The van der Waals surface area contributed by atoms with Gasteiger partial charge in [0.25, 0.3) is 0 Å². The van der Waals surface area contributed by atoms with Crippen molar-refractivity contribution in [3.63, 3.8) is 0 Å². The van der Waals surface area contributed by atoms with Gasteiger partial charge in [-0.3, -0.25) is 0 Å². The van der Waals surface area contributed by atoms with Crippen molar-refractivity contribution in [3.05, 3.63) is 0 Å². The van der Waals surface area contributed by atoms with E-state index in [9.17, 15) is 0 Å². The minimum absolute atomic E-state index is 0.230. The second-order valence-corrected chi connectivity index (χ2v) is 3.89. The van der Waals surface area contributed by atoms with Gasteiger partial charge in [0, 0.05) is 7.05 Å². The highest BCUT2D eigenvalue weighted by molar-refractivity contribution is 5.26. The second kappa shape index (κ2) is 4.29. The molecule has 0 aliphatic heterocycles. The van der Waals surface area contributed by atoms with Gasteiger partial charge in [0.2, 0.25) is 5.95 Å². The summed E-state index contributed by atoms with van der Waals surface area (Å²) in [6.45, 7) is 5.76. The summed E-state index contributed by atoms with van der Waals surface area (Å²) in [5, 5.41) is 2.81. The minimum atomic E-state index is -0.350. The molecule has 15 heavy (non-hydrogen) atoms. The molecular formula is C9H16N4O2. The Morgan fingerprint density at radius 2 is 1.67 bits per heavy atom. The van der Waals surface area contributed by atoms with E-state index in [0.29, 0.717) is 5.95 Å². The van der Waals surface area contributed by atoms with E-state index in [1.54, 1.807) is 7.05 Å². The molecule has 0 aliphatic rings. The van der Waals surface area contributed by atoms with Crippen molar-refractivity contribution in [3.8, 4) is 12.0 Å². The molecule has 84 valence electrons. The van der Waals surface area contributed by atoms with Gasteiger partial charge in [-0.2, -0.15) is 9.97 Å². The van der Waals surface area contributed by atoms with Crippen LogP contribution in [0.2, 0.25) is 0 Å². The molecule has 0 spiro atoms. The lowest BCUT2D eigenvalue weighted by Crippen LogP contribution is -2.24. The van der Waals surface area contributed by atoms with E-state index >= 15 is 0 Å². The lowest BCUT2D eigenvalue weighted by molar-refractivity contribution is 0.115. The molecule has 1 heterocycles. The number of aromatic nitrogens is 3. The molecule has 0 unspecified atom stereocenters. The van der Waals surface area contributed by atoms with Crippen LogP contribution in [0.1, 0.15) is 20.8 Å². The van der Waals surface area contributed by atoms with Crippen LogP contribution in [0.3, 0.4) is 0 Å². The Morgan fingerprint density at radius 3 is 2.13 bits per heavy atom. The summed E-state index contributed by atoms with van der Waals surface area (Å²) in [6, 6.07) is 0.479. The van der Waals surface area contributed by atoms with Crippen molar-refractivity contribution < 1.29 is 9.47 Å². The SMILES string of the molecule is CNc1nc(OC)nc(OC(C)(C)C)n1. The molecule has 0 aliphatic carbocycles. The van der Waals surface area contributed by atoms with Crippen molar-refractivity contribution >= 4 is 5.95 Å². The number of ether oxygens (including phenoxy) is 2. The second-order valence-electron chi connectivity index (χ2n) is 3.89. The maximum absolute atomic E-state index is 5.50. The first-order valence-electron chi connectivity index (χ1n) is 4.61. The Balaban J connectivity index is 2.97. The van der Waals surface area contributed by atoms with Gasteiger partial charge < -0.3 is 14.8 Å². The third-order valence-corrected chi connectivity index (χ3v) is 1.40. The van der Waals surface area contributed by atoms with E-state index in [1.165, 1.54) is 7.11 Å². The molecule has 0 atom stereocenters. The van der Waals surface area contributed by atoms with E-state index in [2.05, 4.69) is 20.3 Å². The average molecular weight is 212 g/mol. The molecule has 0 saturated heterocycles. The number of nitrogens with zero attached hydrogens (tertiary/aromatic N) is 3. The number of rotatable bonds is 3. The molecule has 0 radical (unpaired) electrons. The number of hydrogen-bond donors (Lipinski definition) is 1. The van der Waals surface area contributed by atoms with Gasteiger partial charge in [-0.15, -0.1) is 4.98 Å². The highest BCUT2D eigenvalue weighted by Crippen LogP contribution is 2.16. The standard InChI is InChI=1S/C9H16N4O2/c1-9(2,3)15-8-12-6(10-4)11-7(13-8)14-5/h1-5H3,(H,10,11,12,13). The lowest BCUT2D eigenvalue weighted by Gasteiger charge is -2.19. The molecule has 6 heteroatoms. The van der Waals surface area contributed by atoms with Crippen molar-refractivity contribution in [2.24, 2.45) is 0 Å². The maximum Gasteiger partial charge on any atom is 0.324 e. The summed E-state index contributed by atoms with van der Waals surface area (Å²) in [4.78, 5) is 12.0. The predicted molar refractivity (Wildman–Crippen MR) is 56.3 cm³/mol. The summed E-state index contributed by atoms with van der Waals surface area (Å²) in [5.74, 6) is 0.418. The van der Waals surface area contributed by atoms with Crippen LogP contribution in [0.15, 0.2) is 0 Å². The highest BCUT2D eigenvalue weighted by Gasteiger charge is 2.15. The highest BCUT2D eigenvalue weighted by atomic mass is 16.5. The molecule has 1 aromatic heterocycles. The summed E-state index contributed by atoms with van der Waals surface area (Å²) in [7, 11) is 3.21. The fourth-order valence-corrected chi connectivity index (χ4v) is 0.861. The van der Waals surface area contributed by atoms with Gasteiger partial charge in [0.1, 0.15) is 5.60 Å². The largest absolute Gasteiger partial charge is 0.467 e. The predicted octanol–water partition coefficient (Wildman–Crippen LogP) is 1.10. The molecule has 1 rings (SSSR count). The first kappa shape index (κ1) is 11.5. The van der Waals surface area contributed by atoms with Crippen LogP contribution in [0, 0.1) is 0 Å². The zero-order valence-electron chi connectivity index (χ0n) is 9.66. The van der Waals surface area contributed by atoms with Crippen molar-refractivity contribution in [2.75, 3.05) is 19.5 Å². The quantitative estimate of drug-likeness (QED) is 0.809. The summed E-state index contributed by atoms with van der Waals surface area (Å²) in [5.41, 5.74) is -0.350. The fourth-order valence-electron chi connectivity index (χ4n) is 0.861. The average Bonchev–Trinajstić information content (AvgIpc) is 2.14. The van der Waals surface area contributed by atoms with Crippen molar-refractivity contribution in [1.82, 2.24) is 15.0 Å². The van der Waals surface area contributed by atoms with Crippen LogP contribution >= 0.6 is 0 Å². The van der Waals surface area contributed by atoms with Crippen molar-refractivity contribution in [2.45, 2.75) is 26.4 Å². The van der Waals surface area contributed by atoms with Crippen LogP contribution in [-0.2, 0) is 0 Å². The van der Waals surface area contributed by atoms with Crippen LogP contribution < -0.4 is 14.8 Å². The summed E-state index contributed by atoms with van der Waals surface area (Å²) >= 11 is 0. The Labute approximate surface area is 89.1 Å². The molecule has 1 aromatic rings. The van der Waals surface area contributed by atoms with E-state index in [-0.39, 0.29) is 17.6 Å². The van der Waals surface area contributed by atoms with Gasteiger partial charge in [-0.1, -0.05) is 0 Å². The number of anilines is 1. The molecular weight excluding hydrogens is 196 g/mol. The summed E-state index contributed by atoms with van der Waals surface area (Å²) in [6.07, 6.45) is 0. The molecule has 0 saturated carbocycles. The molecule has 1 N–H and O–H groups in total. The number of nitrogens with one attached hydrogen (secondary N) is 1. The Hall–Kier alpha value is -1.59. The van der Waals surface area contributed by atoms with Gasteiger partial charge in [-0.25, -0.2) is 0 Å². The summed E-state index contributed by atoms with van der Waals surface area (Å²) < 4.78 is 10.4. The van der Waals surface area contributed by atoms with Crippen LogP contribution in [-0.4, -0.2) is 34.7 Å². The van der Waals surface area contributed by atoms with Gasteiger partial charge in [0.15, 0.2) is 0 Å². The topological polar surface area (TPSA) is 69.2 Å². The van der Waals surface area contributed by atoms with E-state index in [0.717, 1.165) is 0 Å². The molecule has 0 fully saturated rings. The maximum atomic E-state index is 5.50. The monoisotopic (exact) mass is 212 g/mol. The van der Waals surface area contributed by atoms with Crippen LogP contribution in [0.25, 0.3) is 0 Å². The molecule has 0 bridgehead atoms. The minimum Gasteiger partial charge on any atom is -0.467 e. The van der Waals surface area contributed by atoms with Crippen molar-refractivity contribution in [1.29, 1.82) is 0 Å². The van der Waals surface area contributed by atoms with E-state index in [4.69, 9.17) is 9.47 Å². The Morgan fingerprint density at radius 1 is 1.07 bits per heavy atom. The van der Waals surface area contributed by atoms with Gasteiger partial charge in [0.05, 0.1) is 7.11 Å². The molecule has 0 aromatic carbocycles. The zero-order valence-corrected chi connectivity index (χ0v) is 9.66. The van der Waals surface area contributed by atoms with E-state index < -0.39 is 0 Å². The number of methoxy groups -OCH3 is 1. The van der Waals surface area contributed by atoms with Gasteiger partial charge >= 0.3 is 12.0 Å². The van der Waals surface area contributed by atoms with Crippen LogP contribution in [0.5, 0.6) is 12.0 Å². The number of hydrogen-bond acceptors (Lipinski definition) is 6. The molecule has 6 nitrogen and oxygen atoms in total. The zero-order chi connectivity index (χ0) is 11.5. The Kier molecular flexibility index (Phi) is 3.28. The normalized spacial score (nSPS) is 11.0. The Bertz CT molecular complexity index is 313. The van der Waals surface area contributed by atoms with Crippen LogP contribution in [0.4, 0.5) is 5.95 Å². The fraction of sp³-hybridized carbons (Fsp3) is 0.667. The third-order valence-electron chi connectivity index (χ3n) is 1.40. The van der Waals surface area contributed by atoms with Gasteiger partial charge in [-0.05, 0) is 20.8 Å². The van der Waals surface area contributed by atoms with E-state index in [1.807, 2.05) is 20.8 Å². The lowest BCUT2D eigenvalue weighted by atomic mass is 10.2. The smallest absolute Gasteiger partial charge is 0.324 e. The third kappa shape index (κ3) is 3.57.